The van der Waals surface area contributed by atoms with E-state index in [4.69, 9.17) is 27.8 Å². The highest BCUT2D eigenvalue weighted by Crippen LogP contribution is 2.37. The number of hydrogen-bond acceptors (Lipinski definition) is 2. The molecule has 0 aliphatic carbocycles. The molecule has 0 aliphatic rings. The van der Waals surface area contributed by atoms with Gasteiger partial charge in [-0.3, -0.25) is 0 Å². The fraction of sp³-hybridized carbons (Fsp3) is 0.111. The van der Waals surface area contributed by atoms with Crippen molar-refractivity contribution in [1.29, 1.82) is 0 Å². The van der Waals surface area contributed by atoms with Crippen molar-refractivity contribution in [2.45, 2.75) is 6.18 Å². The lowest BCUT2D eigenvalue weighted by Gasteiger charge is -2.12. The first-order chi connectivity index (χ1) is 7.34. The Balaban J connectivity index is 3.27. The third kappa shape index (κ3) is 3.59. The molecule has 1 aromatic rings. The van der Waals surface area contributed by atoms with Crippen LogP contribution in [0.15, 0.2) is 23.6 Å². The highest BCUT2D eigenvalue weighted by atomic mass is 35.5. The molecule has 0 saturated carbocycles. The molecule has 0 aromatic heterocycles. The van der Waals surface area contributed by atoms with E-state index in [0.29, 0.717) is 5.41 Å². The maximum absolute atomic E-state index is 12.6. The fourth-order valence-corrected chi connectivity index (χ4v) is 1.96. The van der Waals surface area contributed by atoms with Gasteiger partial charge in [0.2, 0.25) is 0 Å². The van der Waals surface area contributed by atoms with Crippen LogP contribution in [0.2, 0.25) is 10.0 Å². The van der Waals surface area contributed by atoms with Crippen molar-refractivity contribution in [3.05, 3.63) is 39.2 Å². The van der Waals surface area contributed by atoms with Crippen molar-refractivity contribution in [3.8, 4) is 0 Å². The Morgan fingerprint density at radius 3 is 2.06 bits per heavy atom. The summed E-state index contributed by atoms with van der Waals surface area (Å²) in [7, 11) is 0. The van der Waals surface area contributed by atoms with Gasteiger partial charge in [-0.05, 0) is 23.8 Å². The Hall–Kier alpha value is -0.360. The SMILES string of the molecule is OS/C=C(\c1cc(Cl)cc(Cl)c1)C(F)(F)F. The molecular formula is C9H5Cl2F3OS. The molecule has 0 heterocycles. The molecule has 0 atom stereocenters. The fourth-order valence-electron chi connectivity index (χ4n) is 1.06. The van der Waals surface area contributed by atoms with Gasteiger partial charge in [-0.2, -0.15) is 13.2 Å². The van der Waals surface area contributed by atoms with Gasteiger partial charge >= 0.3 is 6.18 Å². The molecule has 0 fully saturated rings. The highest BCUT2D eigenvalue weighted by Gasteiger charge is 2.34. The monoisotopic (exact) mass is 288 g/mol. The van der Waals surface area contributed by atoms with Crippen LogP contribution in [0, 0.1) is 0 Å². The first-order valence-electron chi connectivity index (χ1n) is 3.88. The predicted molar refractivity (Wildman–Crippen MR) is 60.7 cm³/mol. The van der Waals surface area contributed by atoms with Crippen LogP contribution in [0.4, 0.5) is 13.2 Å². The largest absolute Gasteiger partial charge is 0.417 e. The van der Waals surface area contributed by atoms with Gasteiger partial charge in [-0.25, -0.2) is 0 Å². The van der Waals surface area contributed by atoms with E-state index in [2.05, 4.69) is 0 Å². The van der Waals surface area contributed by atoms with Gasteiger partial charge in [0.05, 0.1) is 5.57 Å². The number of benzene rings is 1. The smallest absolute Gasteiger partial charge is 0.326 e. The topological polar surface area (TPSA) is 20.2 Å². The molecule has 7 heteroatoms. The molecule has 0 bridgehead atoms. The summed E-state index contributed by atoms with van der Waals surface area (Å²) in [6, 6.07) is 3.58. The van der Waals surface area contributed by atoms with Crippen LogP contribution in [0.3, 0.4) is 0 Å². The van der Waals surface area contributed by atoms with Gasteiger partial charge in [-0.1, -0.05) is 23.2 Å². The van der Waals surface area contributed by atoms with E-state index in [0.717, 1.165) is 12.1 Å². The number of allylic oxidation sites excluding steroid dienone is 1. The molecule has 0 radical (unpaired) electrons. The molecule has 0 amide bonds. The average Bonchev–Trinajstić information content (AvgIpc) is 2.10. The Bertz CT molecular complexity index is 397. The van der Waals surface area contributed by atoms with Gasteiger partial charge in [0.25, 0.3) is 0 Å². The lowest BCUT2D eigenvalue weighted by Crippen LogP contribution is -2.10. The van der Waals surface area contributed by atoms with Crippen LogP contribution in [0.25, 0.3) is 5.57 Å². The normalized spacial score (nSPS) is 13.0. The minimum atomic E-state index is -4.58. The van der Waals surface area contributed by atoms with Crippen molar-refractivity contribution in [2.75, 3.05) is 0 Å². The Morgan fingerprint density at radius 1 is 1.19 bits per heavy atom. The molecule has 1 nitrogen and oxygen atoms in total. The standard InChI is InChI=1S/C9H5Cl2F3OS/c10-6-1-5(2-7(11)3-6)8(4-16-15)9(12,13)14/h1-4,15H/b8-4+. The van der Waals surface area contributed by atoms with E-state index in [9.17, 15) is 13.2 Å². The summed E-state index contributed by atoms with van der Waals surface area (Å²) in [6.45, 7) is 0. The number of rotatable bonds is 2. The lowest BCUT2D eigenvalue weighted by molar-refractivity contribution is -0.0687. The summed E-state index contributed by atoms with van der Waals surface area (Å²) in [6.07, 6.45) is -4.58. The van der Waals surface area contributed by atoms with Crippen molar-refractivity contribution >= 4 is 40.8 Å². The second-order valence-corrected chi connectivity index (χ2v) is 4.11. The first kappa shape index (κ1) is 13.7. The summed E-state index contributed by atoms with van der Waals surface area (Å²) < 4.78 is 46.2. The zero-order chi connectivity index (χ0) is 12.3. The van der Waals surface area contributed by atoms with Crippen LogP contribution in [0.1, 0.15) is 5.56 Å². The third-order valence-electron chi connectivity index (χ3n) is 1.65. The molecule has 1 N–H and O–H groups in total. The van der Waals surface area contributed by atoms with Crippen LogP contribution >= 0.6 is 35.2 Å². The van der Waals surface area contributed by atoms with E-state index in [1.54, 1.807) is 0 Å². The second kappa shape index (κ2) is 5.31. The minimum absolute atomic E-state index is 0.0251. The zero-order valence-electron chi connectivity index (χ0n) is 7.55. The van der Waals surface area contributed by atoms with Gasteiger partial charge in [0, 0.05) is 27.5 Å². The Kier molecular flexibility index (Phi) is 4.55. The molecule has 0 saturated heterocycles. The minimum Gasteiger partial charge on any atom is -0.326 e. The van der Waals surface area contributed by atoms with Crippen LogP contribution < -0.4 is 0 Å². The average molecular weight is 289 g/mol. The van der Waals surface area contributed by atoms with E-state index in [1.807, 2.05) is 0 Å². The molecule has 0 unspecified atom stereocenters. The number of hydrogen-bond donors (Lipinski definition) is 1. The first-order valence-corrected chi connectivity index (χ1v) is 5.48. The molecule has 0 spiro atoms. The number of alkyl halides is 3. The molecule has 88 valence electrons. The van der Waals surface area contributed by atoms with Gasteiger partial charge in [-0.15, -0.1) is 0 Å². The van der Waals surface area contributed by atoms with Crippen LogP contribution in [-0.2, 0) is 0 Å². The molecule has 1 aromatic carbocycles. The highest BCUT2D eigenvalue weighted by molar-refractivity contribution is 7.96. The maximum Gasteiger partial charge on any atom is 0.417 e. The summed E-state index contributed by atoms with van der Waals surface area (Å²) in [5.74, 6) is 0. The Labute approximate surface area is 104 Å². The van der Waals surface area contributed by atoms with E-state index in [1.165, 1.54) is 6.07 Å². The van der Waals surface area contributed by atoms with E-state index < -0.39 is 11.7 Å². The summed E-state index contributed by atoms with van der Waals surface area (Å²) in [5, 5.41) is 0.781. The summed E-state index contributed by atoms with van der Waals surface area (Å²) >= 11 is 11.2. The molecular weight excluding hydrogens is 284 g/mol. The van der Waals surface area contributed by atoms with Gasteiger partial charge in [0.15, 0.2) is 0 Å². The lowest BCUT2D eigenvalue weighted by atomic mass is 10.1. The maximum atomic E-state index is 12.6. The second-order valence-electron chi connectivity index (χ2n) is 2.79. The number of halogens is 5. The van der Waals surface area contributed by atoms with Crippen molar-refractivity contribution in [3.63, 3.8) is 0 Å². The molecule has 16 heavy (non-hydrogen) atoms. The Morgan fingerprint density at radius 2 is 1.69 bits per heavy atom. The summed E-state index contributed by atoms with van der Waals surface area (Å²) in [4.78, 5) is 0. The van der Waals surface area contributed by atoms with Crippen LogP contribution in [0.5, 0.6) is 0 Å². The van der Waals surface area contributed by atoms with Crippen molar-refractivity contribution < 1.29 is 17.7 Å². The third-order valence-corrected chi connectivity index (χ3v) is 2.43. The van der Waals surface area contributed by atoms with Gasteiger partial charge < -0.3 is 4.55 Å². The molecule has 0 aliphatic heterocycles. The van der Waals surface area contributed by atoms with Crippen molar-refractivity contribution in [1.82, 2.24) is 0 Å². The van der Waals surface area contributed by atoms with Gasteiger partial charge in [0.1, 0.15) is 0 Å². The quantitative estimate of drug-likeness (QED) is 0.764. The zero-order valence-corrected chi connectivity index (χ0v) is 9.88. The van der Waals surface area contributed by atoms with Crippen molar-refractivity contribution in [2.24, 2.45) is 0 Å². The van der Waals surface area contributed by atoms with E-state index in [-0.39, 0.29) is 27.7 Å². The molecule has 1 rings (SSSR count). The van der Waals surface area contributed by atoms with E-state index >= 15 is 0 Å². The predicted octanol–water partition coefficient (Wildman–Crippen LogP) is 5.10. The summed E-state index contributed by atoms with van der Waals surface area (Å²) in [5.41, 5.74) is -1.18. The van der Waals surface area contributed by atoms with Crippen LogP contribution in [-0.4, -0.2) is 10.7 Å².